The minimum Gasteiger partial charge on any atom is -0.385 e. The van der Waals surface area contributed by atoms with Crippen LogP contribution in [-0.2, 0) is 4.74 Å². The lowest BCUT2D eigenvalue weighted by Gasteiger charge is -2.12. The van der Waals surface area contributed by atoms with Crippen molar-refractivity contribution in [2.24, 2.45) is 5.73 Å². The second-order valence-electron chi connectivity index (χ2n) is 2.82. The first-order chi connectivity index (χ1) is 5.85. The van der Waals surface area contributed by atoms with E-state index in [0.29, 0.717) is 0 Å². The van der Waals surface area contributed by atoms with E-state index in [9.17, 15) is 0 Å². The second-order valence-corrected chi connectivity index (χ2v) is 4.23. The van der Waals surface area contributed by atoms with Crippen molar-refractivity contribution in [3.63, 3.8) is 0 Å². The van der Waals surface area contributed by atoms with E-state index in [4.69, 9.17) is 10.5 Å². The van der Waals surface area contributed by atoms with Crippen LogP contribution in [-0.4, -0.2) is 31.3 Å². The van der Waals surface area contributed by atoms with E-state index >= 15 is 0 Å². The summed E-state index contributed by atoms with van der Waals surface area (Å²) in [5.74, 6) is 1.20. The third kappa shape index (κ3) is 6.95. The molecule has 2 nitrogen and oxygen atoms in total. The zero-order valence-corrected chi connectivity index (χ0v) is 9.03. The highest BCUT2D eigenvalue weighted by atomic mass is 32.2. The topological polar surface area (TPSA) is 35.2 Å². The average Bonchev–Trinajstić information content (AvgIpc) is 2.10. The van der Waals surface area contributed by atoms with E-state index in [2.05, 4.69) is 6.92 Å². The zero-order chi connectivity index (χ0) is 9.23. The van der Waals surface area contributed by atoms with Gasteiger partial charge in [0.05, 0.1) is 0 Å². The van der Waals surface area contributed by atoms with E-state index in [1.807, 2.05) is 11.8 Å². The highest BCUT2D eigenvalue weighted by Crippen LogP contribution is 2.17. The SMILES string of the molecule is CCC(CCN)SCCCOC. The molecule has 0 aliphatic carbocycles. The Morgan fingerprint density at radius 3 is 2.75 bits per heavy atom. The molecule has 0 bridgehead atoms. The summed E-state index contributed by atoms with van der Waals surface area (Å²) in [6, 6.07) is 0. The van der Waals surface area contributed by atoms with Gasteiger partial charge >= 0.3 is 0 Å². The Morgan fingerprint density at radius 1 is 1.50 bits per heavy atom. The molecule has 12 heavy (non-hydrogen) atoms. The van der Waals surface area contributed by atoms with E-state index in [1.54, 1.807) is 7.11 Å². The van der Waals surface area contributed by atoms with Crippen LogP contribution in [0.5, 0.6) is 0 Å². The molecule has 0 spiro atoms. The molecule has 0 aromatic heterocycles. The number of rotatable bonds is 8. The van der Waals surface area contributed by atoms with Crippen molar-refractivity contribution in [1.29, 1.82) is 0 Å². The van der Waals surface area contributed by atoms with Gasteiger partial charge in [0.2, 0.25) is 0 Å². The van der Waals surface area contributed by atoms with Gasteiger partial charge in [0, 0.05) is 19.0 Å². The van der Waals surface area contributed by atoms with Crippen LogP contribution >= 0.6 is 11.8 Å². The molecular weight excluding hydrogens is 170 g/mol. The lowest BCUT2D eigenvalue weighted by molar-refractivity contribution is 0.200. The molecule has 0 aliphatic rings. The first kappa shape index (κ1) is 12.3. The van der Waals surface area contributed by atoms with E-state index in [1.165, 1.54) is 12.2 Å². The van der Waals surface area contributed by atoms with Gasteiger partial charge < -0.3 is 10.5 Å². The summed E-state index contributed by atoms with van der Waals surface area (Å²) < 4.78 is 4.98. The van der Waals surface area contributed by atoms with Crippen molar-refractivity contribution < 1.29 is 4.74 Å². The number of ether oxygens (including phenoxy) is 1. The third-order valence-electron chi connectivity index (χ3n) is 1.79. The van der Waals surface area contributed by atoms with Gasteiger partial charge in [-0.3, -0.25) is 0 Å². The maximum atomic E-state index is 5.50. The van der Waals surface area contributed by atoms with Crippen molar-refractivity contribution in [2.75, 3.05) is 26.0 Å². The maximum absolute atomic E-state index is 5.50. The molecule has 0 saturated heterocycles. The monoisotopic (exact) mass is 191 g/mol. The number of methoxy groups -OCH3 is 1. The Labute approximate surface area is 80.2 Å². The molecule has 0 radical (unpaired) electrons. The number of thioether (sulfide) groups is 1. The summed E-state index contributed by atoms with van der Waals surface area (Å²) in [5, 5.41) is 0.756. The van der Waals surface area contributed by atoms with Crippen LogP contribution in [0.25, 0.3) is 0 Å². The van der Waals surface area contributed by atoms with Crippen molar-refractivity contribution in [3.05, 3.63) is 0 Å². The standard InChI is InChI=1S/C9H21NOS/c1-3-9(5-6-10)12-8-4-7-11-2/h9H,3-8,10H2,1-2H3. The van der Waals surface area contributed by atoms with Gasteiger partial charge in [-0.2, -0.15) is 11.8 Å². The predicted octanol–water partition coefficient (Wildman–Crippen LogP) is 1.88. The third-order valence-corrected chi connectivity index (χ3v) is 3.36. The van der Waals surface area contributed by atoms with E-state index in [0.717, 1.165) is 31.2 Å². The molecule has 0 heterocycles. The maximum Gasteiger partial charge on any atom is 0.0470 e. The molecule has 0 rings (SSSR count). The van der Waals surface area contributed by atoms with E-state index in [-0.39, 0.29) is 0 Å². The summed E-state index contributed by atoms with van der Waals surface area (Å²) in [4.78, 5) is 0. The molecule has 0 aromatic rings. The summed E-state index contributed by atoms with van der Waals surface area (Å²) in [7, 11) is 1.75. The number of hydrogen-bond acceptors (Lipinski definition) is 3. The molecule has 2 N–H and O–H groups in total. The minimum absolute atomic E-state index is 0.756. The fourth-order valence-electron chi connectivity index (χ4n) is 1.04. The van der Waals surface area contributed by atoms with Gasteiger partial charge in [-0.05, 0) is 31.6 Å². The number of hydrogen-bond donors (Lipinski definition) is 1. The quantitative estimate of drug-likeness (QED) is 0.595. The Balaban J connectivity index is 3.19. The van der Waals surface area contributed by atoms with Crippen molar-refractivity contribution in [2.45, 2.75) is 31.4 Å². The van der Waals surface area contributed by atoms with Gasteiger partial charge in [0.1, 0.15) is 0 Å². The van der Waals surface area contributed by atoms with Gasteiger partial charge in [-0.15, -0.1) is 0 Å². The largest absolute Gasteiger partial charge is 0.385 e. The van der Waals surface area contributed by atoms with Crippen LogP contribution in [0.1, 0.15) is 26.2 Å². The Bertz CT molecular complexity index is 90.6. The fourth-order valence-corrected chi connectivity index (χ4v) is 2.20. The molecule has 74 valence electrons. The smallest absolute Gasteiger partial charge is 0.0470 e. The molecular formula is C9H21NOS. The summed E-state index contributed by atoms with van der Waals surface area (Å²) in [6.45, 7) is 3.92. The summed E-state index contributed by atoms with van der Waals surface area (Å²) in [5.41, 5.74) is 5.50. The fraction of sp³-hybridized carbons (Fsp3) is 1.00. The first-order valence-electron chi connectivity index (χ1n) is 4.65. The van der Waals surface area contributed by atoms with Crippen molar-refractivity contribution in [3.8, 4) is 0 Å². The van der Waals surface area contributed by atoms with Crippen molar-refractivity contribution in [1.82, 2.24) is 0 Å². The number of nitrogens with two attached hydrogens (primary N) is 1. The lowest BCUT2D eigenvalue weighted by atomic mass is 10.2. The van der Waals surface area contributed by atoms with Gasteiger partial charge in [0.15, 0.2) is 0 Å². The molecule has 0 saturated carbocycles. The Kier molecular flexibility index (Phi) is 9.57. The Morgan fingerprint density at radius 2 is 2.25 bits per heavy atom. The molecule has 1 unspecified atom stereocenters. The predicted molar refractivity (Wildman–Crippen MR) is 56.7 cm³/mol. The molecule has 0 aliphatic heterocycles. The Hall–Kier alpha value is 0.270. The van der Waals surface area contributed by atoms with Gasteiger partial charge in [-0.25, -0.2) is 0 Å². The lowest BCUT2D eigenvalue weighted by Crippen LogP contribution is -2.10. The van der Waals surface area contributed by atoms with Crippen LogP contribution in [0.15, 0.2) is 0 Å². The zero-order valence-electron chi connectivity index (χ0n) is 8.21. The first-order valence-corrected chi connectivity index (χ1v) is 5.70. The van der Waals surface area contributed by atoms with Crippen molar-refractivity contribution >= 4 is 11.8 Å². The average molecular weight is 191 g/mol. The van der Waals surface area contributed by atoms with Crippen LogP contribution in [0.3, 0.4) is 0 Å². The summed E-state index contributed by atoms with van der Waals surface area (Å²) in [6.07, 6.45) is 3.53. The molecule has 0 aromatic carbocycles. The normalized spacial score (nSPS) is 13.2. The molecule has 0 amide bonds. The molecule has 1 atom stereocenters. The van der Waals surface area contributed by atoms with Gasteiger partial charge in [-0.1, -0.05) is 6.92 Å². The minimum atomic E-state index is 0.756. The van der Waals surface area contributed by atoms with Gasteiger partial charge in [0.25, 0.3) is 0 Å². The molecule has 0 fully saturated rings. The van der Waals surface area contributed by atoms with Crippen LogP contribution in [0, 0.1) is 0 Å². The van der Waals surface area contributed by atoms with Crippen LogP contribution in [0.4, 0.5) is 0 Å². The van der Waals surface area contributed by atoms with E-state index < -0.39 is 0 Å². The highest BCUT2D eigenvalue weighted by Gasteiger charge is 2.04. The van der Waals surface area contributed by atoms with Crippen LogP contribution in [0.2, 0.25) is 0 Å². The molecule has 3 heteroatoms. The van der Waals surface area contributed by atoms with Crippen LogP contribution < -0.4 is 5.73 Å². The summed E-state index contributed by atoms with van der Waals surface area (Å²) >= 11 is 2.03. The second kappa shape index (κ2) is 9.36. The highest BCUT2D eigenvalue weighted by molar-refractivity contribution is 7.99.